The molecular weight excluding hydrogens is 651 g/mol. The SMILES string of the molecule is CC1(C)c2ccccc2-c2cc(-c3ccccc3-c3ccccc3)c(N(c3ccc(C4CC5CCC4C5)cc3)c3ccc(C4CC5CCC4C5)cc3)cc21. The van der Waals surface area contributed by atoms with Crippen molar-refractivity contribution in [1.82, 2.24) is 0 Å². The Morgan fingerprint density at radius 2 is 0.981 bits per heavy atom. The van der Waals surface area contributed by atoms with Crippen LogP contribution in [0, 0.1) is 23.7 Å². The number of benzene rings is 6. The van der Waals surface area contributed by atoms with Gasteiger partial charge in [-0.3, -0.25) is 0 Å². The van der Waals surface area contributed by atoms with Gasteiger partial charge in [-0.1, -0.05) is 130 Å². The van der Waals surface area contributed by atoms with E-state index in [0.29, 0.717) is 0 Å². The zero-order valence-corrected chi connectivity index (χ0v) is 31.8. The summed E-state index contributed by atoms with van der Waals surface area (Å²) in [5.74, 6) is 5.07. The number of fused-ring (bicyclic) bond motifs is 7. The predicted octanol–water partition coefficient (Wildman–Crippen LogP) is 14.6. The second-order valence-electron chi connectivity index (χ2n) is 18.1. The van der Waals surface area contributed by atoms with Crippen LogP contribution in [0.5, 0.6) is 0 Å². The van der Waals surface area contributed by atoms with E-state index in [0.717, 1.165) is 35.5 Å². The highest BCUT2D eigenvalue weighted by molar-refractivity contribution is 5.98. The molecule has 1 nitrogen and oxygen atoms in total. The van der Waals surface area contributed by atoms with Gasteiger partial charge < -0.3 is 4.90 Å². The van der Waals surface area contributed by atoms with E-state index in [4.69, 9.17) is 0 Å². The molecule has 6 aromatic rings. The van der Waals surface area contributed by atoms with Crippen LogP contribution in [0.25, 0.3) is 33.4 Å². The topological polar surface area (TPSA) is 3.24 Å². The molecule has 5 aliphatic carbocycles. The summed E-state index contributed by atoms with van der Waals surface area (Å²) in [6.07, 6.45) is 11.3. The molecule has 0 aliphatic heterocycles. The third-order valence-electron chi connectivity index (χ3n) is 14.9. The van der Waals surface area contributed by atoms with E-state index < -0.39 is 0 Å². The van der Waals surface area contributed by atoms with Crippen LogP contribution < -0.4 is 4.90 Å². The van der Waals surface area contributed by atoms with E-state index >= 15 is 0 Å². The number of hydrogen-bond acceptors (Lipinski definition) is 1. The molecule has 0 amide bonds. The van der Waals surface area contributed by atoms with Crippen molar-refractivity contribution < 1.29 is 0 Å². The smallest absolute Gasteiger partial charge is 0.0543 e. The van der Waals surface area contributed by atoms with Crippen LogP contribution in [0.1, 0.15) is 99.3 Å². The Kier molecular flexibility index (Phi) is 7.59. The molecule has 4 fully saturated rings. The Hall–Kier alpha value is -4.88. The Labute approximate surface area is 322 Å². The largest absolute Gasteiger partial charge is 0.310 e. The normalized spacial score (nSPS) is 25.5. The van der Waals surface area contributed by atoms with Gasteiger partial charge in [-0.05, 0) is 161 Å². The van der Waals surface area contributed by atoms with Crippen molar-refractivity contribution >= 4 is 17.1 Å². The first kappa shape index (κ1) is 32.5. The van der Waals surface area contributed by atoms with E-state index in [1.807, 2.05) is 0 Å². The quantitative estimate of drug-likeness (QED) is 0.160. The van der Waals surface area contributed by atoms with Gasteiger partial charge in [0.2, 0.25) is 0 Å². The van der Waals surface area contributed by atoms with Gasteiger partial charge >= 0.3 is 0 Å². The molecular formula is C53H51N. The fourth-order valence-electron chi connectivity index (χ4n) is 12.2. The third kappa shape index (κ3) is 5.18. The summed E-state index contributed by atoms with van der Waals surface area (Å²) in [5.41, 5.74) is 17.3. The lowest BCUT2D eigenvalue weighted by Crippen LogP contribution is -2.17. The first-order valence-corrected chi connectivity index (χ1v) is 20.9. The lowest BCUT2D eigenvalue weighted by atomic mass is 9.81. The van der Waals surface area contributed by atoms with Gasteiger partial charge in [0.25, 0.3) is 0 Å². The van der Waals surface area contributed by atoms with Crippen LogP contribution >= 0.6 is 0 Å². The number of rotatable bonds is 7. The van der Waals surface area contributed by atoms with Crippen LogP contribution in [0.4, 0.5) is 17.1 Å². The van der Waals surface area contributed by atoms with Crippen molar-refractivity contribution in [2.24, 2.45) is 23.7 Å². The van der Waals surface area contributed by atoms with Crippen LogP contribution in [0.3, 0.4) is 0 Å². The van der Waals surface area contributed by atoms with Gasteiger partial charge in [0.1, 0.15) is 0 Å². The molecule has 6 aromatic carbocycles. The van der Waals surface area contributed by atoms with Gasteiger partial charge in [-0.15, -0.1) is 0 Å². The maximum absolute atomic E-state index is 2.59. The van der Waals surface area contributed by atoms with E-state index in [1.165, 1.54) is 124 Å². The van der Waals surface area contributed by atoms with Gasteiger partial charge in [0, 0.05) is 22.4 Å². The summed E-state index contributed by atoms with van der Waals surface area (Å²) < 4.78 is 0. The van der Waals surface area contributed by atoms with E-state index in [2.05, 4.69) is 158 Å². The molecule has 0 spiro atoms. The maximum atomic E-state index is 2.59. The Morgan fingerprint density at radius 3 is 1.54 bits per heavy atom. The standard InChI is InChI=1S/C53H51N/c1-53(2)50-15-9-8-14-45(50)48-32-49(44-13-7-6-12-43(44)36-10-4-3-5-11-36)52(33-51(48)53)54(41-24-20-37(21-25-41)46-30-34-16-18-39(46)28-34)42-26-22-38(23-27-42)47-31-35-17-19-40(47)29-35/h3-15,20-27,32-35,39-40,46-47H,16-19,28-31H2,1-2H3. The molecule has 5 aliphatic rings. The molecule has 0 N–H and O–H groups in total. The van der Waals surface area contributed by atoms with Crippen molar-refractivity contribution in [3.8, 4) is 33.4 Å². The molecule has 4 saturated carbocycles. The minimum Gasteiger partial charge on any atom is -0.310 e. The fourth-order valence-corrected chi connectivity index (χ4v) is 12.2. The number of anilines is 3. The summed E-state index contributed by atoms with van der Waals surface area (Å²) in [4.78, 5) is 2.59. The highest BCUT2D eigenvalue weighted by Crippen LogP contribution is 2.57. The van der Waals surface area contributed by atoms with Crippen LogP contribution in [-0.4, -0.2) is 0 Å². The minimum absolute atomic E-state index is 0.110. The maximum Gasteiger partial charge on any atom is 0.0543 e. The van der Waals surface area contributed by atoms with Crippen molar-refractivity contribution in [2.75, 3.05) is 4.90 Å². The van der Waals surface area contributed by atoms with Crippen molar-refractivity contribution in [3.05, 3.63) is 162 Å². The molecule has 11 rings (SSSR count). The molecule has 0 aromatic heterocycles. The molecule has 0 radical (unpaired) electrons. The molecule has 268 valence electrons. The second kappa shape index (κ2) is 12.6. The summed E-state index contributed by atoms with van der Waals surface area (Å²) in [7, 11) is 0. The average Bonchev–Trinajstić information content (AvgIpc) is 4.08. The summed E-state index contributed by atoms with van der Waals surface area (Å²) >= 11 is 0. The molecule has 1 heteroatoms. The molecule has 0 saturated heterocycles. The first-order chi connectivity index (χ1) is 26.5. The Morgan fingerprint density at radius 1 is 0.444 bits per heavy atom. The average molecular weight is 702 g/mol. The van der Waals surface area contributed by atoms with E-state index in [9.17, 15) is 0 Å². The summed E-state index contributed by atoms with van der Waals surface area (Å²) in [5, 5.41) is 0. The third-order valence-corrected chi connectivity index (χ3v) is 14.9. The van der Waals surface area contributed by atoms with Crippen LogP contribution in [-0.2, 0) is 5.41 Å². The predicted molar refractivity (Wildman–Crippen MR) is 226 cm³/mol. The van der Waals surface area contributed by atoms with Crippen LogP contribution in [0.15, 0.2) is 140 Å². The highest BCUT2D eigenvalue weighted by atomic mass is 15.1. The molecule has 4 bridgehead atoms. The van der Waals surface area contributed by atoms with Gasteiger partial charge in [0.15, 0.2) is 0 Å². The molecule has 54 heavy (non-hydrogen) atoms. The van der Waals surface area contributed by atoms with Gasteiger partial charge in [-0.25, -0.2) is 0 Å². The van der Waals surface area contributed by atoms with Gasteiger partial charge in [0.05, 0.1) is 5.69 Å². The fraction of sp³-hybridized carbons (Fsp3) is 0.321. The van der Waals surface area contributed by atoms with E-state index in [-0.39, 0.29) is 5.41 Å². The summed E-state index contributed by atoms with van der Waals surface area (Å²) in [6, 6.07) is 53.8. The monoisotopic (exact) mass is 701 g/mol. The van der Waals surface area contributed by atoms with Gasteiger partial charge in [-0.2, -0.15) is 0 Å². The lowest BCUT2D eigenvalue weighted by molar-refractivity contribution is 0.420. The minimum atomic E-state index is -0.110. The van der Waals surface area contributed by atoms with Crippen molar-refractivity contribution in [1.29, 1.82) is 0 Å². The second-order valence-corrected chi connectivity index (χ2v) is 18.1. The Balaban J connectivity index is 1.11. The van der Waals surface area contributed by atoms with Crippen molar-refractivity contribution in [3.63, 3.8) is 0 Å². The molecule has 0 heterocycles. The van der Waals surface area contributed by atoms with Crippen molar-refractivity contribution in [2.45, 2.75) is 82.5 Å². The van der Waals surface area contributed by atoms with E-state index in [1.54, 1.807) is 0 Å². The molecule has 6 atom stereocenters. The Bertz CT molecular complexity index is 2280. The lowest BCUT2D eigenvalue weighted by Gasteiger charge is -2.32. The zero-order valence-electron chi connectivity index (χ0n) is 31.8. The number of hydrogen-bond donors (Lipinski definition) is 0. The number of nitrogens with zero attached hydrogens (tertiary/aromatic N) is 1. The zero-order chi connectivity index (χ0) is 36.0. The molecule has 6 unspecified atom stereocenters. The summed E-state index contributed by atoms with van der Waals surface area (Å²) in [6.45, 7) is 4.83. The van der Waals surface area contributed by atoms with Crippen LogP contribution in [0.2, 0.25) is 0 Å². The first-order valence-electron chi connectivity index (χ1n) is 20.9. The highest BCUT2D eigenvalue weighted by Gasteiger charge is 2.42.